The minimum Gasteiger partial charge on any atom is -0.739 e. The summed E-state index contributed by atoms with van der Waals surface area (Å²) in [6.45, 7) is 1.31. The van der Waals surface area contributed by atoms with Crippen molar-refractivity contribution >= 4 is 17.0 Å². The summed E-state index contributed by atoms with van der Waals surface area (Å²) in [4.78, 5) is 2.53. The molecule has 112 valence electrons. The molecule has 1 aromatic carbocycles. The molecule has 0 aliphatic heterocycles. The van der Waals surface area contributed by atoms with E-state index in [1.54, 1.807) is 6.07 Å². The van der Waals surface area contributed by atoms with Crippen molar-refractivity contribution in [1.82, 2.24) is 10.00 Å². The van der Waals surface area contributed by atoms with E-state index in [9.17, 15) is 10.4 Å². The third kappa shape index (κ3) is 2.56. The lowest BCUT2D eigenvalue weighted by Gasteiger charge is -2.12. The summed E-state index contributed by atoms with van der Waals surface area (Å²) in [5.74, 6) is 0.0531. The first-order chi connectivity index (χ1) is 10.1. The van der Waals surface area contributed by atoms with Crippen LogP contribution in [0.25, 0.3) is 11.0 Å². The number of rotatable bonds is 4. The Balaban J connectivity index is 2.00. The van der Waals surface area contributed by atoms with Crippen LogP contribution in [0.5, 0.6) is 0 Å². The Kier molecular flexibility index (Phi) is 3.50. The first kappa shape index (κ1) is 13.8. The maximum atomic E-state index is 12.4. The van der Waals surface area contributed by atoms with E-state index in [0.717, 1.165) is 41.7 Å². The van der Waals surface area contributed by atoms with Crippen molar-refractivity contribution < 1.29 is 9.58 Å². The van der Waals surface area contributed by atoms with Gasteiger partial charge in [0.1, 0.15) is 0 Å². The number of likely N-dealkylation sites (N-methyl/N-ethyl adjacent to an activating group) is 1. The summed E-state index contributed by atoms with van der Waals surface area (Å²) in [6, 6.07) is 3.63. The Hall–Kier alpha value is -2.15. The second kappa shape index (κ2) is 5.33. The molecule has 0 atom stereocenters. The quantitative estimate of drug-likeness (QED) is 0.631. The predicted octanol–water partition coefficient (Wildman–Crippen LogP) is -0.0362. The van der Waals surface area contributed by atoms with Gasteiger partial charge in [-0.25, -0.2) is 4.73 Å². The van der Waals surface area contributed by atoms with Gasteiger partial charge in [0.2, 0.25) is 5.10 Å². The van der Waals surface area contributed by atoms with Crippen LogP contribution in [0.3, 0.4) is 0 Å². The first-order valence-corrected chi connectivity index (χ1v) is 7.14. The summed E-state index contributed by atoms with van der Waals surface area (Å²) in [5, 5.41) is 31.2. The van der Waals surface area contributed by atoms with E-state index in [1.807, 2.05) is 25.1 Å². The van der Waals surface area contributed by atoms with E-state index in [2.05, 4.69) is 10.4 Å². The molecule has 7 heteroatoms. The summed E-state index contributed by atoms with van der Waals surface area (Å²) in [7, 11) is 3.88. The number of aromatic nitrogens is 3. The lowest BCUT2D eigenvalue weighted by atomic mass is 10.1. The predicted molar refractivity (Wildman–Crippen MR) is 78.7 cm³/mol. The largest absolute Gasteiger partial charge is 0.739 e. The zero-order valence-corrected chi connectivity index (χ0v) is 12.3. The molecule has 1 N–H and O–H groups in total. The van der Waals surface area contributed by atoms with E-state index in [4.69, 9.17) is 0 Å². The average Bonchev–Trinajstić information content (AvgIpc) is 2.89. The Bertz CT molecular complexity index is 687. The molecule has 1 heterocycles. The van der Waals surface area contributed by atoms with Gasteiger partial charge in [-0.05, 0) is 50.6 Å². The van der Waals surface area contributed by atoms with E-state index in [0.29, 0.717) is 22.4 Å². The van der Waals surface area contributed by atoms with Crippen LogP contribution in [-0.4, -0.2) is 37.2 Å². The molecule has 3 rings (SSSR count). The summed E-state index contributed by atoms with van der Waals surface area (Å²) < 4.78 is 0.720. The lowest BCUT2D eigenvalue weighted by molar-refractivity contribution is -0.672. The van der Waals surface area contributed by atoms with Crippen LogP contribution in [0.4, 0.5) is 5.95 Å². The van der Waals surface area contributed by atoms with Gasteiger partial charge in [0.15, 0.2) is 5.52 Å². The van der Waals surface area contributed by atoms with Gasteiger partial charge in [-0.3, -0.25) is 5.32 Å². The number of fused-ring (bicyclic) bond motifs is 2. The van der Waals surface area contributed by atoms with Crippen LogP contribution in [0.2, 0.25) is 0 Å². The Morgan fingerprint density at radius 1 is 1.19 bits per heavy atom. The number of aryl methyl sites for hydroxylation is 2. The van der Waals surface area contributed by atoms with E-state index in [1.165, 1.54) is 0 Å². The lowest BCUT2D eigenvalue weighted by Crippen LogP contribution is -2.44. The molecule has 0 spiro atoms. The van der Waals surface area contributed by atoms with Crippen molar-refractivity contribution in [3.05, 3.63) is 33.7 Å². The average molecular weight is 289 g/mol. The molecule has 7 nitrogen and oxygen atoms in total. The fourth-order valence-electron chi connectivity index (χ4n) is 2.71. The molecule has 1 aliphatic rings. The smallest absolute Gasteiger partial charge is 0.461 e. The van der Waals surface area contributed by atoms with Crippen LogP contribution >= 0.6 is 0 Å². The van der Waals surface area contributed by atoms with Gasteiger partial charge in [0, 0.05) is 17.5 Å². The van der Waals surface area contributed by atoms with E-state index < -0.39 is 0 Å². The molecule has 2 aromatic rings. The van der Waals surface area contributed by atoms with E-state index >= 15 is 0 Å². The Labute approximate surface area is 123 Å². The number of benzene rings is 1. The molecule has 0 amide bonds. The molecule has 0 unspecified atom stereocenters. The molecule has 0 bridgehead atoms. The van der Waals surface area contributed by atoms with Gasteiger partial charge in [-0.2, -0.15) is 0 Å². The minimum atomic E-state index is 0.0531. The maximum Gasteiger partial charge on any atom is 0.461 e. The number of hydrogen-bond donors (Lipinski definition) is 1. The highest BCUT2D eigenvalue weighted by Crippen LogP contribution is 2.24. The highest BCUT2D eigenvalue weighted by Gasteiger charge is 2.23. The number of hydrogen-bond acceptors (Lipinski definition) is 5. The van der Waals surface area contributed by atoms with Crippen molar-refractivity contribution in [3.8, 4) is 0 Å². The van der Waals surface area contributed by atoms with Crippen LogP contribution in [0.15, 0.2) is 12.1 Å². The van der Waals surface area contributed by atoms with Crippen LogP contribution in [-0.2, 0) is 12.8 Å². The standard InChI is InChI=1S/C14H19N5O2/c1-17(2)7-6-15-14-16-19(21)13-9-11-5-3-4-10(11)8-12(13)18(14)20/h8-9H,3-7H2,1-2H3,(H,15,16). The van der Waals surface area contributed by atoms with Crippen LogP contribution < -0.4 is 14.9 Å². The van der Waals surface area contributed by atoms with Gasteiger partial charge < -0.3 is 15.3 Å². The summed E-state index contributed by atoms with van der Waals surface area (Å²) >= 11 is 0. The first-order valence-electron chi connectivity index (χ1n) is 7.14. The molecule has 0 saturated heterocycles. The summed E-state index contributed by atoms with van der Waals surface area (Å²) in [6.07, 6.45) is 3.01. The van der Waals surface area contributed by atoms with E-state index in [-0.39, 0.29) is 5.95 Å². The van der Waals surface area contributed by atoms with Gasteiger partial charge >= 0.3 is 5.95 Å². The Morgan fingerprint density at radius 3 is 2.52 bits per heavy atom. The van der Waals surface area contributed by atoms with Crippen molar-refractivity contribution in [2.45, 2.75) is 19.3 Å². The second-order valence-electron chi connectivity index (χ2n) is 5.68. The molecule has 1 aromatic heterocycles. The van der Waals surface area contributed by atoms with Gasteiger partial charge in [0.25, 0.3) is 5.52 Å². The number of nitrogens with zero attached hydrogens (tertiary/aromatic N) is 4. The van der Waals surface area contributed by atoms with Gasteiger partial charge in [-0.1, -0.05) is 0 Å². The summed E-state index contributed by atoms with van der Waals surface area (Å²) in [5.41, 5.74) is 3.04. The minimum absolute atomic E-state index is 0.0531. The normalized spacial score (nSPS) is 13.9. The molecule has 1 aliphatic carbocycles. The fraction of sp³-hybridized carbons (Fsp3) is 0.500. The van der Waals surface area contributed by atoms with Gasteiger partial charge in [0.05, 0.1) is 6.54 Å². The molecular weight excluding hydrogens is 270 g/mol. The zero-order valence-electron chi connectivity index (χ0n) is 12.3. The topological polar surface area (TPSA) is 82.0 Å². The zero-order chi connectivity index (χ0) is 15.0. The van der Waals surface area contributed by atoms with Crippen molar-refractivity contribution in [2.75, 3.05) is 32.5 Å². The monoisotopic (exact) mass is 289 g/mol. The third-order valence-electron chi connectivity index (χ3n) is 3.83. The van der Waals surface area contributed by atoms with Crippen molar-refractivity contribution in [2.24, 2.45) is 0 Å². The Morgan fingerprint density at radius 2 is 1.86 bits per heavy atom. The molecule has 0 fully saturated rings. The van der Waals surface area contributed by atoms with Crippen molar-refractivity contribution in [3.63, 3.8) is 0 Å². The van der Waals surface area contributed by atoms with Crippen LogP contribution in [0.1, 0.15) is 17.5 Å². The molecule has 0 saturated carbocycles. The molecular formula is C14H19N5O2. The maximum absolute atomic E-state index is 12.4. The highest BCUT2D eigenvalue weighted by atomic mass is 16.5. The highest BCUT2D eigenvalue weighted by molar-refractivity contribution is 5.71. The SMILES string of the molecule is CN(C)CCNc1n[n+]([O-])c2cc3c(cc2[n+]1[O-])CCC3. The number of anilines is 1. The second-order valence-corrected chi connectivity index (χ2v) is 5.68. The molecule has 0 radical (unpaired) electrons. The van der Waals surface area contributed by atoms with Crippen LogP contribution in [0, 0.1) is 10.4 Å². The number of nitrogens with one attached hydrogen (secondary N) is 1. The fourth-order valence-corrected chi connectivity index (χ4v) is 2.71. The van der Waals surface area contributed by atoms with Gasteiger partial charge in [-0.15, -0.1) is 0 Å². The van der Waals surface area contributed by atoms with Crippen molar-refractivity contribution in [1.29, 1.82) is 0 Å². The molecule has 21 heavy (non-hydrogen) atoms. The third-order valence-corrected chi connectivity index (χ3v) is 3.83.